The zero-order chi connectivity index (χ0) is 9.64. The summed E-state index contributed by atoms with van der Waals surface area (Å²) in [5.74, 6) is 1.41. The highest BCUT2D eigenvalue weighted by molar-refractivity contribution is 5.31. The van der Waals surface area contributed by atoms with E-state index in [0.717, 1.165) is 5.82 Å². The molecule has 0 saturated heterocycles. The number of hydrogen-bond acceptors (Lipinski definition) is 6. The lowest BCUT2D eigenvalue weighted by Crippen LogP contribution is -2.06. The SMILES string of the molecule is c1cc(NCCc2ncno2)ncn1. The van der Waals surface area contributed by atoms with Crippen LogP contribution < -0.4 is 5.32 Å². The van der Waals surface area contributed by atoms with Gasteiger partial charge in [0.05, 0.1) is 0 Å². The van der Waals surface area contributed by atoms with Crippen molar-refractivity contribution in [2.24, 2.45) is 0 Å². The zero-order valence-electron chi connectivity index (χ0n) is 7.42. The zero-order valence-corrected chi connectivity index (χ0v) is 7.42. The third kappa shape index (κ3) is 2.25. The second-order valence-corrected chi connectivity index (χ2v) is 2.61. The highest BCUT2D eigenvalue weighted by atomic mass is 16.5. The van der Waals surface area contributed by atoms with Gasteiger partial charge in [-0.05, 0) is 6.07 Å². The number of nitrogens with zero attached hydrogens (tertiary/aromatic N) is 4. The molecule has 14 heavy (non-hydrogen) atoms. The van der Waals surface area contributed by atoms with Crippen molar-refractivity contribution in [1.29, 1.82) is 0 Å². The van der Waals surface area contributed by atoms with Gasteiger partial charge in [-0.15, -0.1) is 0 Å². The van der Waals surface area contributed by atoms with Crippen LogP contribution in [0.3, 0.4) is 0 Å². The van der Waals surface area contributed by atoms with Crippen LogP contribution in [0.25, 0.3) is 0 Å². The van der Waals surface area contributed by atoms with Gasteiger partial charge in [0.15, 0.2) is 6.33 Å². The molecule has 0 atom stereocenters. The minimum Gasteiger partial charge on any atom is -0.369 e. The molecular formula is C8H9N5O. The Labute approximate surface area is 80.4 Å². The van der Waals surface area contributed by atoms with Crippen LogP contribution >= 0.6 is 0 Å². The Hall–Kier alpha value is -1.98. The first kappa shape index (κ1) is 8.61. The molecule has 2 aromatic heterocycles. The minimum atomic E-state index is 0.617. The number of hydrogen-bond donors (Lipinski definition) is 1. The van der Waals surface area contributed by atoms with Gasteiger partial charge in [-0.2, -0.15) is 4.98 Å². The first-order chi connectivity index (χ1) is 6.95. The van der Waals surface area contributed by atoms with Crippen molar-refractivity contribution < 1.29 is 4.52 Å². The van der Waals surface area contributed by atoms with E-state index in [1.165, 1.54) is 12.7 Å². The van der Waals surface area contributed by atoms with Gasteiger partial charge in [0.2, 0.25) is 5.89 Å². The second-order valence-electron chi connectivity index (χ2n) is 2.61. The maximum Gasteiger partial charge on any atom is 0.228 e. The van der Waals surface area contributed by atoms with Crippen molar-refractivity contribution in [3.63, 3.8) is 0 Å². The first-order valence-electron chi connectivity index (χ1n) is 4.20. The molecular weight excluding hydrogens is 182 g/mol. The fourth-order valence-corrected chi connectivity index (χ4v) is 0.999. The van der Waals surface area contributed by atoms with Crippen molar-refractivity contribution in [3.05, 3.63) is 30.8 Å². The molecule has 2 heterocycles. The standard InChI is InChI=1S/C8H9N5O/c1-3-9-5-11-7(1)10-4-2-8-12-6-13-14-8/h1,3,5-6H,2,4H2,(H,9,10,11). The first-order valence-corrected chi connectivity index (χ1v) is 4.20. The van der Waals surface area contributed by atoms with Crippen LogP contribution in [0.15, 0.2) is 29.4 Å². The van der Waals surface area contributed by atoms with Crippen LogP contribution in [0.5, 0.6) is 0 Å². The Morgan fingerprint density at radius 3 is 3.00 bits per heavy atom. The molecule has 72 valence electrons. The van der Waals surface area contributed by atoms with Crippen LogP contribution in [0.1, 0.15) is 5.89 Å². The molecule has 2 rings (SSSR count). The molecule has 0 aliphatic heterocycles. The Morgan fingerprint density at radius 2 is 2.29 bits per heavy atom. The average Bonchev–Trinajstić information content (AvgIpc) is 2.72. The number of rotatable bonds is 4. The van der Waals surface area contributed by atoms with Crippen molar-refractivity contribution in [2.75, 3.05) is 11.9 Å². The Kier molecular flexibility index (Phi) is 2.65. The predicted octanol–water partition coefficient (Wildman–Crippen LogP) is 0.514. The molecule has 0 saturated carbocycles. The Bertz CT molecular complexity index is 360. The van der Waals surface area contributed by atoms with Gasteiger partial charge >= 0.3 is 0 Å². The molecule has 6 heteroatoms. The van der Waals surface area contributed by atoms with Crippen molar-refractivity contribution in [1.82, 2.24) is 20.1 Å². The summed E-state index contributed by atoms with van der Waals surface area (Å²) in [7, 11) is 0. The summed E-state index contributed by atoms with van der Waals surface area (Å²) >= 11 is 0. The average molecular weight is 191 g/mol. The lowest BCUT2D eigenvalue weighted by molar-refractivity contribution is 0.379. The van der Waals surface area contributed by atoms with E-state index >= 15 is 0 Å². The molecule has 0 fully saturated rings. The van der Waals surface area contributed by atoms with Gasteiger partial charge in [-0.3, -0.25) is 0 Å². The summed E-state index contributed by atoms with van der Waals surface area (Å²) in [6.45, 7) is 0.708. The maximum absolute atomic E-state index is 4.84. The molecule has 0 bridgehead atoms. The molecule has 6 nitrogen and oxygen atoms in total. The summed E-state index contributed by atoms with van der Waals surface area (Å²) < 4.78 is 4.84. The lowest BCUT2D eigenvalue weighted by Gasteiger charge is -2.01. The molecule has 0 radical (unpaired) electrons. The third-order valence-electron chi connectivity index (χ3n) is 1.63. The van der Waals surface area contributed by atoms with Gasteiger partial charge < -0.3 is 9.84 Å². The fourth-order valence-electron chi connectivity index (χ4n) is 0.999. The molecule has 0 unspecified atom stereocenters. The van der Waals surface area contributed by atoms with Gasteiger partial charge in [-0.25, -0.2) is 9.97 Å². The molecule has 0 aliphatic carbocycles. The quantitative estimate of drug-likeness (QED) is 0.758. The predicted molar refractivity (Wildman–Crippen MR) is 48.5 cm³/mol. The van der Waals surface area contributed by atoms with E-state index in [2.05, 4.69) is 25.4 Å². The molecule has 0 amide bonds. The lowest BCUT2D eigenvalue weighted by atomic mass is 10.4. The summed E-state index contributed by atoms with van der Waals surface area (Å²) in [6, 6.07) is 1.80. The molecule has 2 aromatic rings. The molecule has 1 N–H and O–H groups in total. The highest BCUT2D eigenvalue weighted by Gasteiger charge is 1.98. The monoisotopic (exact) mass is 191 g/mol. The smallest absolute Gasteiger partial charge is 0.228 e. The summed E-state index contributed by atoms with van der Waals surface area (Å²) in [4.78, 5) is 11.7. The topological polar surface area (TPSA) is 76.7 Å². The van der Waals surface area contributed by atoms with Crippen LogP contribution in [0.4, 0.5) is 5.82 Å². The van der Waals surface area contributed by atoms with Crippen LogP contribution in [-0.2, 0) is 6.42 Å². The van der Waals surface area contributed by atoms with Crippen molar-refractivity contribution >= 4 is 5.82 Å². The van der Waals surface area contributed by atoms with E-state index in [9.17, 15) is 0 Å². The summed E-state index contributed by atoms with van der Waals surface area (Å²) in [5.41, 5.74) is 0. The van der Waals surface area contributed by atoms with Crippen LogP contribution in [-0.4, -0.2) is 26.7 Å². The van der Waals surface area contributed by atoms with E-state index in [1.54, 1.807) is 12.3 Å². The van der Waals surface area contributed by atoms with E-state index in [-0.39, 0.29) is 0 Å². The van der Waals surface area contributed by atoms with Crippen LogP contribution in [0, 0.1) is 0 Å². The molecule has 0 aromatic carbocycles. The summed E-state index contributed by atoms with van der Waals surface area (Å²) in [5, 5.41) is 6.61. The van der Waals surface area contributed by atoms with Gasteiger partial charge in [0.1, 0.15) is 12.1 Å². The van der Waals surface area contributed by atoms with Crippen molar-refractivity contribution in [3.8, 4) is 0 Å². The minimum absolute atomic E-state index is 0.617. The maximum atomic E-state index is 4.84. The van der Waals surface area contributed by atoms with E-state index in [1.807, 2.05) is 0 Å². The van der Waals surface area contributed by atoms with E-state index in [0.29, 0.717) is 18.9 Å². The largest absolute Gasteiger partial charge is 0.369 e. The fraction of sp³-hybridized carbons (Fsp3) is 0.250. The normalized spacial score (nSPS) is 10.0. The molecule has 0 spiro atoms. The summed E-state index contributed by atoms with van der Waals surface area (Å²) in [6.07, 6.45) is 5.25. The van der Waals surface area contributed by atoms with E-state index < -0.39 is 0 Å². The number of aromatic nitrogens is 4. The van der Waals surface area contributed by atoms with Crippen LogP contribution in [0.2, 0.25) is 0 Å². The Morgan fingerprint density at radius 1 is 1.29 bits per heavy atom. The van der Waals surface area contributed by atoms with Gasteiger partial charge in [-0.1, -0.05) is 5.16 Å². The van der Waals surface area contributed by atoms with Gasteiger partial charge in [0.25, 0.3) is 0 Å². The second kappa shape index (κ2) is 4.31. The number of nitrogens with one attached hydrogen (secondary N) is 1. The van der Waals surface area contributed by atoms with E-state index in [4.69, 9.17) is 4.52 Å². The highest BCUT2D eigenvalue weighted by Crippen LogP contribution is 1.98. The van der Waals surface area contributed by atoms with Gasteiger partial charge in [0, 0.05) is 19.2 Å². The van der Waals surface area contributed by atoms with Crippen molar-refractivity contribution in [2.45, 2.75) is 6.42 Å². The Balaban J connectivity index is 1.79. The number of anilines is 1. The third-order valence-corrected chi connectivity index (χ3v) is 1.63. The molecule has 0 aliphatic rings.